The van der Waals surface area contributed by atoms with Crippen molar-refractivity contribution in [3.63, 3.8) is 0 Å². The van der Waals surface area contributed by atoms with Gasteiger partial charge in [0.05, 0.1) is 34.5 Å². The van der Waals surface area contributed by atoms with E-state index in [0.29, 0.717) is 6.54 Å². The van der Waals surface area contributed by atoms with Crippen molar-refractivity contribution in [1.82, 2.24) is 25.1 Å². The molecule has 0 aliphatic heterocycles. The third-order valence-corrected chi connectivity index (χ3v) is 6.53. The third kappa shape index (κ3) is 4.06. The van der Waals surface area contributed by atoms with Crippen molar-refractivity contribution in [3.05, 3.63) is 90.5 Å². The maximum Gasteiger partial charge on any atom is 0.0944 e. The number of fused-ring (bicyclic) bond motifs is 2. The molecule has 4 aromatic heterocycles. The molecule has 6 N–H and O–H groups in total. The van der Waals surface area contributed by atoms with Crippen LogP contribution in [0.3, 0.4) is 0 Å². The number of hydrogen-bond donors (Lipinski definition) is 5. The maximum atomic E-state index is 6.51. The Morgan fingerprint density at radius 2 is 1.89 bits per heavy atom. The highest BCUT2D eigenvalue weighted by atomic mass is 15.1. The lowest BCUT2D eigenvalue weighted by Crippen LogP contribution is -2.31. The van der Waals surface area contributed by atoms with Crippen LogP contribution < -0.4 is 11.1 Å². The Morgan fingerprint density at radius 1 is 0.971 bits per heavy atom. The van der Waals surface area contributed by atoms with Gasteiger partial charge in [-0.2, -0.15) is 5.10 Å². The van der Waals surface area contributed by atoms with Gasteiger partial charge >= 0.3 is 0 Å². The lowest BCUT2D eigenvalue weighted by molar-refractivity contribution is 0.702. The highest BCUT2D eigenvalue weighted by Gasteiger charge is 2.14. The molecular formula is C28H27N7. The maximum absolute atomic E-state index is 6.51. The fraction of sp³-hybridized carbons (Fsp3) is 0.143. The zero-order valence-corrected chi connectivity index (χ0v) is 19.5. The predicted molar refractivity (Wildman–Crippen MR) is 142 cm³/mol. The Kier molecular flexibility index (Phi) is 5.31. The summed E-state index contributed by atoms with van der Waals surface area (Å²) in [6.45, 7) is 2.65. The van der Waals surface area contributed by atoms with Crippen LogP contribution in [-0.2, 0) is 6.42 Å². The van der Waals surface area contributed by atoms with Crippen LogP contribution in [0.25, 0.3) is 44.3 Å². The topological polar surface area (TPSA) is 111 Å². The van der Waals surface area contributed by atoms with Crippen LogP contribution in [-0.4, -0.2) is 37.7 Å². The van der Waals surface area contributed by atoms with E-state index in [1.165, 1.54) is 10.9 Å². The Bertz CT molecular complexity index is 1610. The number of aromatic nitrogens is 5. The Morgan fingerprint density at radius 3 is 2.77 bits per heavy atom. The number of para-hydroxylation sites is 1. The molecule has 0 saturated heterocycles. The zero-order chi connectivity index (χ0) is 23.8. The largest absolute Gasteiger partial charge is 0.382 e. The number of nitrogens with one attached hydrogen (secondary N) is 4. The van der Waals surface area contributed by atoms with Crippen LogP contribution in [0.15, 0.2) is 79.3 Å². The number of hydrogen-bond acceptors (Lipinski definition) is 4. The minimum atomic E-state index is -0.0364. The standard InChI is InChI=1S/C28H27N7/c1-17-23-12-18(8-9-26(23)35-34-17)24-13-21(16-33-28(24)27-7-4-10-30-27)31-15-20(29)11-19-14-32-25-6-3-2-5-22(19)25/h2-10,12-14,16,20,30-32H,11,15,29H2,1H3,(H,34,35)/t20-/m0/s1. The van der Waals surface area contributed by atoms with Gasteiger partial charge in [0.25, 0.3) is 0 Å². The molecule has 1 atom stereocenters. The van der Waals surface area contributed by atoms with Gasteiger partial charge in [-0.15, -0.1) is 0 Å². The van der Waals surface area contributed by atoms with Crippen LogP contribution >= 0.6 is 0 Å². The summed E-state index contributed by atoms with van der Waals surface area (Å²) in [5.41, 5.74) is 15.9. The quantitative estimate of drug-likeness (QED) is 0.219. The number of pyridine rings is 1. The number of aryl methyl sites for hydroxylation is 1. The second kappa shape index (κ2) is 8.77. The molecule has 6 rings (SSSR count). The molecule has 35 heavy (non-hydrogen) atoms. The van der Waals surface area contributed by atoms with Gasteiger partial charge in [0.2, 0.25) is 0 Å². The third-order valence-electron chi connectivity index (χ3n) is 6.53. The normalized spacial score (nSPS) is 12.4. The Balaban J connectivity index is 1.27. The van der Waals surface area contributed by atoms with Crippen molar-refractivity contribution in [3.8, 4) is 22.5 Å². The predicted octanol–water partition coefficient (Wildman–Crippen LogP) is 5.39. The number of nitrogens with zero attached hydrogens (tertiary/aromatic N) is 2. The second-order valence-electron chi connectivity index (χ2n) is 8.98. The Hall–Kier alpha value is -4.36. The number of benzene rings is 2. The van der Waals surface area contributed by atoms with Crippen LogP contribution in [0.2, 0.25) is 0 Å². The monoisotopic (exact) mass is 461 g/mol. The van der Waals surface area contributed by atoms with Crippen molar-refractivity contribution < 1.29 is 0 Å². The summed E-state index contributed by atoms with van der Waals surface area (Å²) in [7, 11) is 0. The smallest absolute Gasteiger partial charge is 0.0944 e. The summed E-state index contributed by atoms with van der Waals surface area (Å²) >= 11 is 0. The molecule has 0 radical (unpaired) electrons. The second-order valence-corrected chi connectivity index (χ2v) is 8.98. The van der Waals surface area contributed by atoms with E-state index < -0.39 is 0 Å². The lowest BCUT2D eigenvalue weighted by atomic mass is 9.99. The SMILES string of the molecule is Cc1n[nH]c2ccc(-c3cc(NC[C@@H](N)Cc4c[nH]c5ccccc45)cnc3-c3ccc[nH]3)cc12. The summed E-state index contributed by atoms with van der Waals surface area (Å²) in [6.07, 6.45) is 6.64. The van der Waals surface area contributed by atoms with E-state index in [0.717, 1.165) is 56.7 Å². The van der Waals surface area contributed by atoms with Crippen LogP contribution in [0.4, 0.5) is 5.69 Å². The molecule has 0 aliphatic rings. The summed E-state index contributed by atoms with van der Waals surface area (Å²) in [5.74, 6) is 0. The highest BCUT2D eigenvalue weighted by molar-refractivity contribution is 5.90. The first-order valence-corrected chi connectivity index (χ1v) is 11.8. The molecule has 6 aromatic rings. The first kappa shape index (κ1) is 21.2. The van der Waals surface area contributed by atoms with Crippen LogP contribution in [0.5, 0.6) is 0 Å². The molecule has 0 spiro atoms. The van der Waals surface area contributed by atoms with E-state index in [9.17, 15) is 0 Å². The molecule has 2 aromatic carbocycles. The van der Waals surface area contributed by atoms with Crippen molar-refractivity contribution >= 4 is 27.5 Å². The van der Waals surface area contributed by atoms with E-state index >= 15 is 0 Å². The highest BCUT2D eigenvalue weighted by Crippen LogP contribution is 2.33. The van der Waals surface area contributed by atoms with Crippen LogP contribution in [0.1, 0.15) is 11.3 Å². The average Bonchev–Trinajstić information content (AvgIpc) is 3.64. The molecule has 174 valence electrons. The fourth-order valence-corrected chi connectivity index (χ4v) is 4.69. The lowest BCUT2D eigenvalue weighted by Gasteiger charge is -2.16. The number of anilines is 1. The molecule has 0 unspecified atom stereocenters. The Labute approximate surface area is 202 Å². The minimum Gasteiger partial charge on any atom is -0.382 e. The average molecular weight is 462 g/mol. The van der Waals surface area contributed by atoms with E-state index in [4.69, 9.17) is 10.7 Å². The van der Waals surface area contributed by atoms with Gasteiger partial charge in [-0.05, 0) is 60.9 Å². The van der Waals surface area contributed by atoms with Crippen molar-refractivity contribution in [2.24, 2.45) is 5.73 Å². The zero-order valence-electron chi connectivity index (χ0n) is 19.5. The summed E-state index contributed by atoms with van der Waals surface area (Å²) < 4.78 is 0. The number of aromatic amines is 3. The molecule has 0 amide bonds. The van der Waals surface area contributed by atoms with E-state index in [1.807, 2.05) is 37.5 Å². The number of rotatable bonds is 7. The van der Waals surface area contributed by atoms with E-state index in [2.05, 4.69) is 74.1 Å². The molecule has 0 fully saturated rings. The number of nitrogens with two attached hydrogens (primary N) is 1. The van der Waals surface area contributed by atoms with E-state index in [1.54, 1.807) is 0 Å². The van der Waals surface area contributed by atoms with Gasteiger partial charge < -0.3 is 21.0 Å². The summed E-state index contributed by atoms with van der Waals surface area (Å²) in [4.78, 5) is 11.4. The van der Waals surface area contributed by atoms with Gasteiger partial charge in [-0.1, -0.05) is 24.3 Å². The molecule has 7 heteroatoms. The van der Waals surface area contributed by atoms with Gasteiger partial charge in [0.1, 0.15) is 0 Å². The van der Waals surface area contributed by atoms with Gasteiger partial charge in [0, 0.05) is 46.8 Å². The molecule has 4 heterocycles. The first-order valence-electron chi connectivity index (χ1n) is 11.8. The van der Waals surface area contributed by atoms with Gasteiger partial charge in [-0.25, -0.2) is 0 Å². The number of H-pyrrole nitrogens is 3. The molecule has 0 saturated carbocycles. The summed E-state index contributed by atoms with van der Waals surface area (Å²) in [6, 6.07) is 20.8. The molecule has 7 nitrogen and oxygen atoms in total. The van der Waals surface area contributed by atoms with Crippen LogP contribution in [0, 0.1) is 6.92 Å². The molecule has 0 aliphatic carbocycles. The summed E-state index contributed by atoms with van der Waals surface area (Å²) in [5, 5.41) is 13.3. The first-order chi connectivity index (χ1) is 17.2. The van der Waals surface area contributed by atoms with Gasteiger partial charge in [0.15, 0.2) is 0 Å². The molecular weight excluding hydrogens is 434 g/mol. The van der Waals surface area contributed by atoms with Gasteiger partial charge in [-0.3, -0.25) is 10.1 Å². The van der Waals surface area contributed by atoms with Crippen molar-refractivity contribution in [2.45, 2.75) is 19.4 Å². The van der Waals surface area contributed by atoms with E-state index in [-0.39, 0.29) is 6.04 Å². The minimum absolute atomic E-state index is 0.0364. The fourth-order valence-electron chi connectivity index (χ4n) is 4.69. The molecule has 0 bridgehead atoms. The van der Waals surface area contributed by atoms with Crippen molar-refractivity contribution in [2.75, 3.05) is 11.9 Å². The van der Waals surface area contributed by atoms with Crippen molar-refractivity contribution in [1.29, 1.82) is 0 Å².